The van der Waals surface area contributed by atoms with Gasteiger partial charge in [-0.25, -0.2) is 8.78 Å². The summed E-state index contributed by atoms with van der Waals surface area (Å²) in [5.74, 6) is -1.97. The van der Waals surface area contributed by atoms with Crippen LogP contribution in [0.3, 0.4) is 0 Å². The van der Waals surface area contributed by atoms with Crippen LogP contribution >= 0.6 is 0 Å². The molecule has 108 valence electrons. The van der Waals surface area contributed by atoms with E-state index in [9.17, 15) is 13.6 Å². The van der Waals surface area contributed by atoms with Crippen molar-refractivity contribution in [2.45, 2.75) is 24.8 Å². The van der Waals surface area contributed by atoms with E-state index in [0.717, 1.165) is 25.6 Å². The topological polar surface area (TPSA) is 32.3 Å². The maximum Gasteiger partial charge on any atom is 0.226 e. The van der Waals surface area contributed by atoms with E-state index in [0.29, 0.717) is 12.0 Å². The Kier molecular flexibility index (Phi) is 3.46. The van der Waals surface area contributed by atoms with Crippen LogP contribution in [0.5, 0.6) is 0 Å². The van der Waals surface area contributed by atoms with E-state index in [1.807, 2.05) is 0 Å². The van der Waals surface area contributed by atoms with Gasteiger partial charge < -0.3 is 10.2 Å². The molecule has 5 heteroatoms. The number of carbonyl (C=O) groups is 1. The molecule has 2 aliphatic rings. The van der Waals surface area contributed by atoms with Crippen LogP contribution in [0.4, 0.5) is 8.78 Å². The first-order valence-electron chi connectivity index (χ1n) is 7.01. The minimum atomic E-state index is -0.839. The van der Waals surface area contributed by atoms with Gasteiger partial charge in [-0.05, 0) is 36.9 Å². The zero-order valence-corrected chi connectivity index (χ0v) is 11.4. The summed E-state index contributed by atoms with van der Waals surface area (Å²) in [6.07, 6.45) is 1.57. The van der Waals surface area contributed by atoms with Crippen LogP contribution in [0.15, 0.2) is 18.2 Å². The van der Waals surface area contributed by atoms with E-state index < -0.39 is 11.6 Å². The van der Waals surface area contributed by atoms with Gasteiger partial charge in [-0.3, -0.25) is 4.79 Å². The Morgan fingerprint density at radius 3 is 2.90 bits per heavy atom. The maximum absolute atomic E-state index is 13.7. The smallest absolute Gasteiger partial charge is 0.226 e. The number of hydrogen-bond acceptors (Lipinski definition) is 2. The molecule has 2 fully saturated rings. The number of carbonyl (C=O) groups excluding carboxylic acids is 1. The maximum atomic E-state index is 13.7. The molecule has 1 heterocycles. The van der Waals surface area contributed by atoms with Crippen molar-refractivity contribution in [3.05, 3.63) is 35.4 Å². The highest BCUT2D eigenvalue weighted by molar-refractivity contribution is 5.83. The fraction of sp³-hybridized carbons (Fsp3) is 0.533. The number of nitrogens with one attached hydrogen (secondary N) is 1. The van der Waals surface area contributed by atoms with Crippen molar-refractivity contribution in [2.24, 2.45) is 5.92 Å². The van der Waals surface area contributed by atoms with Crippen molar-refractivity contribution in [2.75, 3.05) is 20.1 Å². The zero-order chi connectivity index (χ0) is 14.3. The molecule has 1 aliphatic heterocycles. The zero-order valence-electron chi connectivity index (χ0n) is 11.4. The second kappa shape index (κ2) is 5.13. The fourth-order valence-corrected chi connectivity index (χ4v) is 3.03. The first-order chi connectivity index (χ1) is 9.59. The Labute approximate surface area is 117 Å². The third kappa shape index (κ3) is 2.30. The first-order valence-corrected chi connectivity index (χ1v) is 7.01. The molecule has 3 rings (SSSR count). The van der Waals surface area contributed by atoms with Crippen molar-refractivity contribution >= 4 is 5.91 Å². The summed E-state index contributed by atoms with van der Waals surface area (Å²) in [4.78, 5) is 14.1. The summed E-state index contributed by atoms with van der Waals surface area (Å²) in [5.41, 5.74) is 0.335. The van der Waals surface area contributed by atoms with Crippen molar-refractivity contribution in [3.63, 3.8) is 0 Å². The molecular weight excluding hydrogens is 262 g/mol. The summed E-state index contributed by atoms with van der Waals surface area (Å²) >= 11 is 0. The van der Waals surface area contributed by atoms with Gasteiger partial charge in [0.1, 0.15) is 0 Å². The molecule has 3 atom stereocenters. The number of hydrogen-bond donors (Lipinski definition) is 1. The summed E-state index contributed by atoms with van der Waals surface area (Å²) in [6, 6.07) is 4.40. The quantitative estimate of drug-likeness (QED) is 0.917. The van der Waals surface area contributed by atoms with E-state index in [1.54, 1.807) is 18.0 Å². The SMILES string of the molecule is CN(C(=O)[C@@H]1C[C@@H]1c1cccc(F)c1F)[C@H]1CCNC1. The van der Waals surface area contributed by atoms with Gasteiger partial charge in [-0.1, -0.05) is 12.1 Å². The van der Waals surface area contributed by atoms with Crippen LogP contribution in [0, 0.1) is 17.6 Å². The van der Waals surface area contributed by atoms with E-state index in [4.69, 9.17) is 0 Å². The fourth-order valence-electron chi connectivity index (χ4n) is 3.03. The molecule has 1 aromatic carbocycles. The molecule has 1 saturated carbocycles. The van der Waals surface area contributed by atoms with E-state index in [1.165, 1.54) is 6.07 Å². The molecule has 0 radical (unpaired) electrons. The van der Waals surface area contributed by atoms with Crippen LogP contribution < -0.4 is 5.32 Å². The lowest BCUT2D eigenvalue weighted by Crippen LogP contribution is -2.39. The Balaban J connectivity index is 1.69. The standard InChI is InChI=1S/C15H18F2N2O/c1-19(9-5-6-18-8-9)15(20)12-7-11(12)10-3-2-4-13(16)14(10)17/h2-4,9,11-12,18H,5-8H2,1H3/t9-,11+,12+/m0/s1. The summed E-state index contributed by atoms with van der Waals surface area (Å²) in [7, 11) is 1.80. The molecule has 1 amide bonds. The van der Waals surface area contributed by atoms with Crippen molar-refractivity contribution in [1.29, 1.82) is 0 Å². The monoisotopic (exact) mass is 280 g/mol. The Hall–Kier alpha value is -1.49. The molecule has 1 saturated heterocycles. The molecule has 0 unspecified atom stereocenters. The average Bonchev–Trinajstić information content (AvgIpc) is 3.04. The second-order valence-electron chi connectivity index (χ2n) is 5.69. The third-order valence-electron chi connectivity index (χ3n) is 4.42. The molecule has 1 aliphatic carbocycles. The van der Waals surface area contributed by atoms with Gasteiger partial charge in [0.25, 0.3) is 0 Å². The van der Waals surface area contributed by atoms with Crippen LogP contribution in [-0.2, 0) is 4.79 Å². The van der Waals surface area contributed by atoms with Crippen LogP contribution in [0.1, 0.15) is 24.3 Å². The van der Waals surface area contributed by atoms with E-state index >= 15 is 0 Å². The predicted molar refractivity (Wildman–Crippen MR) is 71.3 cm³/mol. The normalized spacial score (nSPS) is 28.4. The minimum Gasteiger partial charge on any atom is -0.341 e. The number of benzene rings is 1. The predicted octanol–water partition coefficient (Wildman–Crippen LogP) is 1.89. The molecule has 0 spiro atoms. The third-order valence-corrected chi connectivity index (χ3v) is 4.42. The van der Waals surface area contributed by atoms with Gasteiger partial charge in [-0.15, -0.1) is 0 Å². The molecule has 3 nitrogen and oxygen atoms in total. The highest BCUT2D eigenvalue weighted by Gasteiger charge is 2.47. The van der Waals surface area contributed by atoms with E-state index in [-0.39, 0.29) is 23.8 Å². The largest absolute Gasteiger partial charge is 0.341 e. The summed E-state index contributed by atoms with van der Waals surface area (Å²) in [6.45, 7) is 1.74. The number of rotatable bonds is 3. The van der Waals surface area contributed by atoms with Gasteiger partial charge in [0.2, 0.25) is 5.91 Å². The highest BCUT2D eigenvalue weighted by Crippen LogP contribution is 2.49. The number of likely N-dealkylation sites (N-methyl/N-ethyl adjacent to an activating group) is 1. The molecular formula is C15H18F2N2O. The summed E-state index contributed by atoms with van der Waals surface area (Å²) in [5, 5.41) is 3.22. The van der Waals surface area contributed by atoms with Crippen molar-refractivity contribution in [3.8, 4) is 0 Å². The van der Waals surface area contributed by atoms with Gasteiger partial charge >= 0.3 is 0 Å². The molecule has 0 bridgehead atoms. The molecule has 20 heavy (non-hydrogen) atoms. The molecule has 0 aromatic heterocycles. The van der Waals surface area contributed by atoms with Gasteiger partial charge in [0.05, 0.1) is 0 Å². The van der Waals surface area contributed by atoms with Gasteiger partial charge in [-0.2, -0.15) is 0 Å². The second-order valence-corrected chi connectivity index (χ2v) is 5.69. The summed E-state index contributed by atoms with van der Waals surface area (Å²) < 4.78 is 26.9. The van der Waals surface area contributed by atoms with Crippen LogP contribution in [0.25, 0.3) is 0 Å². The minimum absolute atomic E-state index is 0.0485. The molecule has 1 aromatic rings. The molecule has 1 N–H and O–H groups in total. The average molecular weight is 280 g/mol. The lowest BCUT2D eigenvalue weighted by molar-refractivity contribution is -0.133. The number of amides is 1. The Morgan fingerprint density at radius 1 is 1.40 bits per heavy atom. The van der Waals surface area contributed by atoms with Crippen molar-refractivity contribution < 1.29 is 13.6 Å². The van der Waals surface area contributed by atoms with Crippen LogP contribution in [-0.4, -0.2) is 37.0 Å². The van der Waals surface area contributed by atoms with Gasteiger partial charge in [0, 0.05) is 25.6 Å². The lowest BCUT2D eigenvalue weighted by Gasteiger charge is -2.24. The van der Waals surface area contributed by atoms with Gasteiger partial charge in [0.15, 0.2) is 11.6 Å². The Morgan fingerprint density at radius 2 is 2.20 bits per heavy atom. The Bertz CT molecular complexity index is 529. The lowest BCUT2D eigenvalue weighted by atomic mass is 10.1. The van der Waals surface area contributed by atoms with Crippen molar-refractivity contribution in [1.82, 2.24) is 10.2 Å². The highest BCUT2D eigenvalue weighted by atomic mass is 19.2. The first kappa shape index (κ1) is 13.5. The van der Waals surface area contributed by atoms with E-state index in [2.05, 4.69) is 5.32 Å². The van der Waals surface area contributed by atoms with Crippen LogP contribution in [0.2, 0.25) is 0 Å². The number of nitrogens with zero attached hydrogens (tertiary/aromatic N) is 1. The number of halogens is 2.